The molecule has 0 aromatic rings. The summed E-state index contributed by atoms with van der Waals surface area (Å²) in [5, 5.41) is 0.531. The van der Waals surface area contributed by atoms with E-state index in [-0.39, 0.29) is 0 Å². The lowest BCUT2D eigenvalue weighted by molar-refractivity contribution is -0.115. The van der Waals surface area contributed by atoms with Crippen LogP contribution in [0.3, 0.4) is 0 Å². The SMILES string of the molecule is CC(C)SC1=CCCCC1=O. The van der Waals surface area contributed by atoms with Crippen LogP contribution in [0.4, 0.5) is 0 Å². The van der Waals surface area contributed by atoms with Gasteiger partial charge >= 0.3 is 0 Å². The Bertz CT molecular complexity index is 182. The van der Waals surface area contributed by atoms with Crippen LogP contribution in [0.2, 0.25) is 0 Å². The van der Waals surface area contributed by atoms with Crippen LogP contribution >= 0.6 is 11.8 Å². The smallest absolute Gasteiger partial charge is 0.168 e. The van der Waals surface area contributed by atoms with E-state index in [0.717, 1.165) is 24.2 Å². The maximum Gasteiger partial charge on any atom is 0.168 e. The van der Waals surface area contributed by atoms with Gasteiger partial charge in [-0.3, -0.25) is 4.79 Å². The number of carbonyl (C=O) groups excluding carboxylic acids is 1. The standard InChI is InChI=1S/C9H14OS/c1-7(2)11-9-6-4-3-5-8(9)10/h6-7H,3-5H2,1-2H3. The summed E-state index contributed by atoms with van der Waals surface area (Å²) in [6, 6.07) is 0. The van der Waals surface area contributed by atoms with E-state index in [4.69, 9.17) is 0 Å². The maximum absolute atomic E-state index is 11.2. The van der Waals surface area contributed by atoms with Gasteiger partial charge in [0.1, 0.15) is 0 Å². The normalized spacial score (nSPS) is 18.8. The summed E-state index contributed by atoms with van der Waals surface area (Å²) >= 11 is 1.70. The molecule has 0 bridgehead atoms. The van der Waals surface area contributed by atoms with Crippen molar-refractivity contribution >= 4 is 17.5 Å². The van der Waals surface area contributed by atoms with Gasteiger partial charge in [-0.1, -0.05) is 19.9 Å². The number of Topliss-reactive ketones (excluding diaryl/α,β-unsaturated/α-hetero) is 1. The minimum atomic E-state index is 0.343. The van der Waals surface area contributed by atoms with E-state index < -0.39 is 0 Å². The Morgan fingerprint density at radius 2 is 2.27 bits per heavy atom. The maximum atomic E-state index is 11.2. The number of allylic oxidation sites excluding steroid dienone is 2. The molecule has 0 heterocycles. The van der Waals surface area contributed by atoms with Crippen LogP contribution in [0.25, 0.3) is 0 Å². The van der Waals surface area contributed by atoms with E-state index >= 15 is 0 Å². The largest absolute Gasteiger partial charge is 0.294 e. The lowest BCUT2D eigenvalue weighted by Crippen LogP contribution is -2.06. The first kappa shape index (κ1) is 8.85. The predicted octanol–water partition coefficient (Wildman–Crippen LogP) is 2.76. The van der Waals surface area contributed by atoms with Crippen LogP contribution < -0.4 is 0 Å². The first-order valence-corrected chi connectivity index (χ1v) is 4.98. The highest BCUT2D eigenvalue weighted by atomic mass is 32.2. The van der Waals surface area contributed by atoms with Crippen molar-refractivity contribution < 1.29 is 4.79 Å². The molecule has 2 heteroatoms. The molecule has 1 nitrogen and oxygen atoms in total. The molecule has 0 spiro atoms. The summed E-state index contributed by atoms with van der Waals surface area (Å²) in [4.78, 5) is 12.2. The molecule has 0 amide bonds. The zero-order valence-corrected chi connectivity index (χ0v) is 7.91. The van der Waals surface area contributed by atoms with Crippen LogP contribution in [0.5, 0.6) is 0 Å². The monoisotopic (exact) mass is 170 g/mol. The summed E-state index contributed by atoms with van der Waals surface area (Å²) in [6.45, 7) is 4.24. The Morgan fingerprint density at radius 1 is 1.55 bits per heavy atom. The van der Waals surface area contributed by atoms with E-state index in [1.54, 1.807) is 11.8 Å². The van der Waals surface area contributed by atoms with Gasteiger partial charge in [-0.2, -0.15) is 0 Å². The third kappa shape index (κ3) is 2.70. The van der Waals surface area contributed by atoms with Gasteiger partial charge in [0.05, 0.1) is 0 Å². The molecule has 0 aromatic heterocycles. The van der Waals surface area contributed by atoms with Gasteiger partial charge in [0.2, 0.25) is 0 Å². The molecule has 0 atom stereocenters. The Morgan fingerprint density at radius 3 is 2.82 bits per heavy atom. The fraction of sp³-hybridized carbons (Fsp3) is 0.667. The van der Waals surface area contributed by atoms with Crippen molar-refractivity contribution in [3.05, 3.63) is 11.0 Å². The van der Waals surface area contributed by atoms with Crippen molar-refractivity contribution in [3.8, 4) is 0 Å². The van der Waals surface area contributed by atoms with E-state index in [9.17, 15) is 4.79 Å². The number of hydrogen-bond donors (Lipinski definition) is 0. The Balaban J connectivity index is 2.54. The molecular formula is C9H14OS. The third-order valence-electron chi connectivity index (χ3n) is 1.58. The second-order valence-corrected chi connectivity index (χ2v) is 4.67. The van der Waals surface area contributed by atoms with Gasteiger partial charge in [0.15, 0.2) is 5.78 Å². The van der Waals surface area contributed by atoms with Gasteiger partial charge < -0.3 is 0 Å². The lowest BCUT2D eigenvalue weighted by atomic mass is 10.1. The Labute approximate surface area is 72.2 Å². The van der Waals surface area contributed by atoms with Crippen LogP contribution in [0, 0.1) is 0 Å². The van der Waals surface area contributed by atoms with Crippen LogP contribution in [0.1, 0.15) is 33.1 Å². The summed E-state index contributed by atoms with van der Waals surface area (Å²) in [5.74, 6) is 0.343. The molecule has 0 aromatic carbocycles. The minimum Gasteiger partial charge on any atom is -0.294 e. The highest BCUT2D eigenvalue weighted by molar-refractivity contribution is 8.04. The molecule has 62 valence electrons. The topological polar surface area (TPSA) is 17.1 Å². The first-order chi connectivity index (χ1) is 5.20. The van der Waals surface area contributed by atoms with Crippen LogP contribution in [-0.2, 0) is 4.79 Å². The molecule has 0 unspecified atom stereocenters. The highest BCUT2D eigenvalue weighted by Crippen LogP contribution is 2.27. The molecule has 1 rings (SSSR count). The minimum absolute atomic E-state index is 0.343. The Kier molecular flexibility index (Phi) is 3.18. The molecule has 0 N–H and O–H groups in total. The van der Waals surface area contributed by atoms with Gasteiger partial charge in [-0.15, -0.1) is 11.8 Å². The molecule has 11 heavy (non-hydrogen) atoms. The summed E-state index contributed by atoms with van der Waals surface area (Å²) in [5.41, 5.74) is 0. The van der Waals surface area contributed by atoms with Crippen molar-refractivity contribution in [2.24, 2.45) is 0 Å². The average molecular weight is 170 g/mol. The molecule has 0 aliphatic heterocycles. The van der Waals surface area contributed by atoms with Crippen molar-refractivity contribution in [1.82, 2.24) is 0 Å². The van der Waals surface area contributed by atoms with Crippen molar-refractivity contribution in [3.63, 3.8) is 0 Å². The number of hydrogen-bond acceptors (Lipinski definition) is 2. The molecule has 0 radical (unpaired) electrons. The summed E-state index contributed by atoms with van der Waals surface area (Å²) in [6.07, 6.45) is 4.96. The molecule has 0 saturated heterocycles. The quantitative estimate of drug-likeness (QED) is 0.634. The van der Waals surface area contributed by atoms with E-state index in [0.29, 0.717) is 11.0 Å². The fourth-order valence-corrected chi connectivity index (χ4v) is 2.06. The molecular weight excluding hydrogens is 156 g/mol. The van der Waals surface area contributed by atoms with Gasteiger partial charge in [-0.05, 0) is 12.8 Å². The highest BCUT2D eigenvalue weighted by Gasteiger charge is 2.14. The number of ketones is 1. The lowest BCUT2D eigenvalue weighted by Gasteiger charge is -2.12. The van der Waals surface area contributed by atoms with Crippen molar-refractivity contribution in [2.75, 3.05) is 0 Å². The number of carbonyl (C=O) groups is 1. The number of thioether (sulfide) groups is 1. The van der Waals surface area contributed by atoms with Gasteiger partial charge in [-0.25, -0.2) is 0 Å². The number of rotatable bonds is 2. The summed E-state index contributed by atoms with van der Waals surface area (Å²) in [7, 11) is 0. The molecule has 0 saturated carbocycles. The van der Waals surface area contributed by atoms with E-state index in [2.05, 4.69) is 19.9 Å². The van der Waals surface area contributed by atoms with Crippen LogP contribution in [0.15, 0.2) is 11.0 Å². The average Bonchev–Trinajstić information content (AvgIpc) is 1.93. The zero-order chi connectivity index (χ0) is 8.27. The summed E-state index contributed by atoms with van der Waals surface area (Å²) < 4.78 is 0. The van der Waals surface area contributed by atoms with E-state index in [1.807, 2.05) is 0 Å². The van der Waals surface area contributed by atoms with Gasteiger partial charge in [0.25, 0.3) is 0 Å². The Hall–Kier alpha value is -0.240. The molecule has 1 aliphatic rings. The predicted molar refractivity (Wildman–Crippen MR) is 49.7 cm³/mol. The van der Waals surface area contributed by atoms with Gasteiger partial charge in [0, 0.05) is 16.6 Å². The van der Waals surface area contributed by atoms with Crippen molar-refractivity contribution in [2.45, 2.75) is 38.4 Å². The second kappa shape index (κ2) is 3.96. The fourth-order valence-electron chi connectivity index (χ4n) is 1.10. The second-order valence-electron chi connectivity index (χ2n) is 3.05. The zero-order valence-electron chi connectivity index (χ0n) is 7.09. The third-order valence-corrected chi connectivity index (χ3v) is 2.69. The van der Waals surface area contributed by atoms with Crippen molar-refractivity contribution in [1.29, 1.82) is 0 Å². The van der Waals surface area contributed by atoms with E-state index in [1.165, 1.54) is 0 Å². The molecule has 0 fully saturated rings. The first-order valence-electron chi connectivity index (χ1n) is 4.10. The van der Waals surface area contributed by atoms with Crippen LogP contribution in [-0.4, -0.2) is 11.0 Å². The molecule has 1 aliphatic carbocycles.